The van der Waals surface area contributed by atoms with Crippen molar-refractivity contribution in [2.45, 2.75) is 108 Å². The number of hydrogen-bond donors (Lipinski definition) is 1. The molecule has 3 aromatic carbocycles. The van der Waals surface area contributed by atoms with Crippen molar-refractivity contribution in [3.05, 3.63) is 147 Å². The summed E-state index contributed by atoms with van der Waals surface area (Å²) >= 11 is 19.3. The van der Waals surface area contributed by atoms with Crippen LogP contribution in [0.5, 0.6) is 11.5 Å². The molecular formula is C56H56Br2Cl2N8O9S. The lowest BCUT2D eigenvalue weighted by atomic mass is 10.1. The molecule has 6 aromatic heterocycles. The van der Waals surface area contributed by atoms with Gasteiger partial charge in [-0.15, -0.1) is 0 Å². The van der Waals surface area contributed by atoms with Gasteiger partial charge in [0, 0.05) is 68.5 Å². The number of hydrogen-bond acceptors (Lipinski definition) is 15. The minimum atomic E-state index is -3.87. The van der Waals surface area contributed by atoms with Crippen molar-refractivity contribution in [3.8, 4) is 11.5 Å². The number of halogens is 4. The van der Waals surface area contributed by atoms with Gasteiger partial charge < -0.3 is 37.9 Å². The van der Waals surface area contributed by atoms with Crippen molar-refractivity contribution >= 4 is 109 Å². The molecule has 4 aliphatic rings. The molecule has 1 N–H and O–H groups in total. The maximum absolute atomic E-state index is 12.7. The molecule has 2 saturated heterocycles. The zero-order valence-electron chi connectivity index (χ0n) is 42.2. The van der Waals surface area contributed by atoms with Crippen LogP contribution in [0.1, 0.15) is 65.6 Å². The molecule has 0 radical (unpaired) electrons. The number of fused-ring (bicyclic) bond motifs is 6. The first-order valence-corrected chi connectivity index (χ1v) is 28.6. The molecule has 2 saturated carbocycles. The molecule has 78 heavy (non-hydrogen) atoms. The van der Waals surface area contributed by atoms with Crippen LogP contribution >= 0.6 is 55.1 Å². The van der Waals surface area contributed by atoms with Crippen molar-refractivity contribution in [1.82, 2.24) is 39.0 Å². The van der Waals surface area contributed by atoms with E-state index < -0.39 is 21.7 Å². The van der Waals surface area contributed by atoms with Gasteiger partial charge in [-0.05, 0) is 140 Å². The van der Waals surface area contributed by atoms with Crippen molar-refractivity contribution in [2.24, 2.45) is 11.8 Å². The standard InChI is InChI=1S/C24H22BrClN4O3.C22H24ClN3O5S.C9H6BrNO.CH4/c1-24(2)32-20-14(11-31-16-4-3-13-7-15(25)10-27-18(13)9-16)8-19(21(20)33-24)30-6-5-17-22(26)28-12-29-23(17)30;1-13-4-6-15(7-5-13)32(27,28)29-11-14-10-17(19-18(14)30-22(2,3)31-19)26-9-8-16-20(23)24-12-25-21(16)26;10-7-3-6-1-2-8(12)4-9(6)11-5-7;/h3-7,9-10,12,14,19-21H,8,11H2,1-2H3;4-9,12,14,17-19H,10-11H2,1-3H3;1-5,12H;1H4/t14-,19-,20-,21+;14-,17-,18-,19+;;/m11../s1. The van der Waals surface area contributed by atoms with Crippen LogP contribution in [0.2, 0.25) is 10.3 Å². The van der Waals surface area contributed by atoms with E-state index in [1.807, 2.05) is 100 Å². The number of rotatable bonds is 9. The van der Waals surface area contributed by atoms with Crippen LogP contribution in [0.25, 0.3) is 43.9 Å². The number of nitrogens with zero attached hydrogens (tertiary/aromatic N) is 8. The lowest BCUT2D eigenvalue weighted by Gasteiger charge is -2.24. The first-order chi connectivity index (χ1) is 36.8. The summed E-state index contributed by atoms with van der Waals surface area (Å²) in [6.45, 7) is 10.1. The summed E-state index contributed by atoms with van der Waals surface area (Å²) in [7, 11) is -3.87. The van der Waals surface area contributed by atoms with E-state index in [4.69, 9.17) is 56.2 Å². The number of aromatic hydroxyl groups is 1. The second-order valence-corrected chi connectivity index (χ2v) is 24.6. The molecular weight excluding hydrogens is 1190 g/mol. The molecule has 0 amide bonds. The van der Waals surface area contributed by atoms with Crippen LogP contribution in [0.4, 0.5) is 0 Å². The first-order valence-electron chi connectivity index (χ1n) is 24.8. The van der Waals surface area contributed by atoms with E-state index in [9.17, 15) is 8.42 Å². The number of aromatic nitrogens is 8. The largest absolute Gasteiger partial charge is 0.508 e. The fraction of sp³-hybridized carbons (Fsp3) is 0.357. The van der Waals surface area contributed by atoms with E-state index in [0.29, 0.717) is 29.0 Å². The lowest BCUT2D eigenvalue weighted by Crippen LogP contribution is -2.29. The molecule has 13 rings (SSSR count). The third-order valence-electron chi connectivity index (χ3n) is 14.2. The van der Waals surface area contributed by atoms with Crippen molar-refractivity contribution in [2.75, 3.05) is 13.2 Å². The summed E-state index contributed by atoms with van der Waals surface area (Å²) < 4.78 is 68.3. The van der Waals surface area contributed by atoms with Gasteiger partial charge in [0.15, 0.2) is 11.6 Å². The third kappa shape index (κ3) is 11.6. The lowest BCUT2D eigenvalue weighted by molar-refractivity contribution is -0.161. The highest BCUT2D eigenvalue weighted by Crippen LogP contribution is 2.50. The Bertz CT molecular complexity index is 3740. The Kier molecular flexibility index (Phi) is 16.0. The first kappa shape index (κ1) is 55.9. The topological polar surface area (TPSA) is 197 Å². The van der Waals surface area contributed by atoms with E-state index in [0.717, 1.165) is 64.9 Å². The molecule has 0 bridgehead atoms. The van der Waals surface area contributed by atoms with Crippen molar-refractivity contribution < 1.29 is 41.4 Å². The van der Waals surface area contributed by atoms with Crippen LogP contribution in [-0.4, -0.2) is 102 Å². The number of pyridine rings is 2. The fourth-order valence-electron chi connectivity index (χ4n) is 10.8. The van der Waals surface area contributed by atoms with Crippen LogP contribution < -0.4 is 4.74 Å². The SMILES string of the molecule is C.CC1(C)O[C@@H]2[C@@H](COc3ccc4cc(Br)cnc4c3)C[C@@H](n3ccc4c(Cl)ncnc43)[C@@H]2O1.Cc1ccc(S(=O)(=O)OC[C@H]2C[C@@H](n3ccc4c(Cl)ncnc43)[C@@H]3OC(C)(C)O[C@H]23)cc1.Oc1ccc2cc(Br)cnc2c1. The summed E-state index contributed by atoms with van der Waals surface area (Å²) in [6, 6.07) is 25.5. The summed E-state index contributed by atoms with van der Waals surface area (Å²) in [4.78, 5) is 25.8. The maximum Gasteiger partial charge on any atom is 0.296 e. The number of ether oxygens (including phenoxy) is 5. The van der Waals surface area contributed by atoms with Gasteiger partial charge in [0.2, 0.25) is 0 Å². The predicted molar refractivity (Wildman–Crippen MR) is 304 cm³/mol. The summed E-state index contributed by atoms with van der Waals surface area (Å²) in [5.41, 5.74) is 4.19. The Morgan fingerprint density at radius 3 is 1.67 bits per heavy atom. The molecule has 2 aliphatic carbocycles. The van der Waals surface area contributed by atoms with E-state index >= 15 is 0 Å². The predicted octanol–water partition coefficient (Wildman–Crippen LogP) is 12.8. The molecule has 2 aliphatic heterocycles. The molecule has 22 heteroatoms. The monoisotopic (exact) mass is 1240 g/mol. The van der Waals surface area contributed by atoms with Gasteiger partial charge in [-0.2, -0.15) is 8.42 Å². The van der Waals surface area contributed by atoms with Gasteiger partial charge in [-0.1, -0.05) is 48.3 Å². The third-order valence-corrected chi connectivity index (χ3v) is 17.0. The van der Waals surface area contributed by atoms with Crippen molar-refractivity contribution in [1.29, 1.82) is 0 Å². The highest BCUT2D eigenvalue weighted by Gasteiger charge is 2.56. The Morgan fingerprint density at radius 2 is 1.13 bits per heavy atom. The van der Waals surface area contributed by atoms with Gasteiger partial charge in [0.05, 0.1) is 64.2 Å². The van der Waals surface area contributed by atoms with E-state index in [1.165, 1.54) is 12.7 Å². The summed E-state index contributed by atoms with van der Waals surface area (Å²) in [5.74, 6) is -0.412. The second kappa shape index (κ2) is 22.3. The van der Waals surface area contributed by atoms with E-state index in [1.54, 1.807) is 48.8 Å². The molecule has 0 spiro atoms. The minimum absolute atomic E-state index is 0. The Labute approximate surface area is 477 Å². The Hall–Kier alpha value is -5.39. The summed E-state index contributed by atoms with van der Waals surface area (Å²) in [5, 5.41) is 13.7. The number of aryl methyl sites for hydroxylation is 1. The molecule has 4 fully saturated rings. The molecule has 8 atom stereocenters. The Morgan fingerprint density at radius 1 is 0.641 bits per heavy atom. The van der Waals surface area contributed by atoms with Gasteiger partial charge in [0.25, 0.3) is 10.1 Å². The molecule has 0 unspecified atom stereocenters. The maximum atomic E-state index is 12.7. The van der Waals surface area contributed by atoms with E-state index in [-0.39, 0.29) is 73.0 Å². The van der Waals surface area contributed by atoms with Crippen LogP contribution in [0.15, 0.2) is 136 Å². The number of phenols is 1. The van der Waals surface area contributed by atoms with Gasteiger partial charge >= 0.3 is 0 Å². The Balaban J connectivity index is 0.000000144. The minimum Gasteiger partial charge on any atom is -0.508 e. The average Bonchev–Trinajstić information content (AvgIpc) is 4.44. The molecule has 408 valence electrons. The normalized spacial score (nSPS) is 23.8. The van der Waals surface area contributed by atoms with Gasteiger partial charge in [-0.3, -0.25) is 14.2 Å². The van der Waals surface area contributed by atoms with E-state index in [2.05, 4.69) is 66.3 Å². The van der Waals surface area contributed by atoms with Crippen molar-refractivity contribution in [3.63, 3.8) is 0 Å². The van der Waals surface area contributed by atoms with Gasteiger partial charge in [-0.25, -0.2) is 19.9 Å². The van der Waals surface area contributed by atoms with Crippen LogP contribution in [-0.2, 0) is 33.2 Å². The number of phenolic OH excluding ortho intramolecular Hbond substituents is 1. The average molecular weight is 1250 g/mol. The highest BCUT2D eigenvalue weighted by atomic mass is 79.9. The smallest absolute Gasteiger partial charge is 0.296 e. The molecule has 9 aromatic rings. The van der Waals surface area contributed by atoms with Gasteiger partial charge in [0.1, 0.15) is 58.0 Å². The molecule has 17 nitrogen and oxygen atoms in total. The quantitative estimate of drug-likeness (QED) is 0.106. The summed E-state index contributed by atoms with van der Waals surface area (Å²) in [6.07, 6.45) is 11.0. The highest BCUT2D eigenvalue weighted by molar-refractivity contribution is 9.10. The van der Waals surface area contributed by atoms with Crippen LogP contribution in [0.3, 0.4) is 0 Å². The zero-order valence-corrected chi connectivity index (χ0v) is 47.7. The fourth-order valence-corrected chi connectivity index (χ4v) is 12.8. The second-order valence-electron chi connectivity index (χ2n) is 20.4. The molecule has 8 heterocycles. The van der Waals surface area contributed by atoms with Crippen LogP contribution in [0, 0.1) is 18.8 Å². The zero-order chi connectivity index (χ0) is 54.0. The number of benzene rings is 3.